The molecular formula is C18H30N2O5. The summed E-state index contributed by atoms with van der Waals surface area (Å²) in [7, 11) is 0. The SMILES string of the molecule is OC[C@@H](O)[C@H]1OCCCCCCN(Cc2cccnc2)C[C@@H](O)[C@H]1O. The van der Waals surface area contributed by atoms with Gasteiger partial charge in [0.25, 0.3) is 0 Å². The predicted molar refractivity (Wildman–Crippen MR) is 92.8 cm³/mol. The highest BCUT2D eigenvalue weighted by molar-refractivity contribution is 5.08. The van der Waals surface area contributed by atoms with Gasteiger partial charge >= 0.3 is 0 Å². The average Bonchev–Trinajstić information content (AvgIpc) is 2.62. The van der Waals surface area contributed by atoms with Crippen LogP contribution in [-0.4, -0.2) is 81.0 Å². The van der Waals surface area contributed by atoms with Gasteiger partial charge in [0.15, 0.2) is 0 Å². The summed E-state index contributed by atoms with van der Waals surface area (Å²) in [6.07, 6.45) is 2.82. The van der Waals surface area contributed by atoms with Gasteiger partial charge in [-0.25, -0.2) is 0 Å². The lowest BCUT2D eigenvalue weighted by atomic mass is 10.0. The third-order valence-corrected chi connectivity index (χ3v) is 4.55. The van der Waals surface area contributed by atoms with Crippen LogP contribution in [0.3, 0.4) is 0 Å². The van der Waals surface area contributed by atoms with Crippen molar-refractivity contribution in [2.75, 3.05) is 26.3 Å². The second kappa shape index (κ2) is 10.8. The van der Waals surface area contributed by atoms with Gasteiger partial charge in [-0.2, -0.15) is 0 Å². The first-order chi connectivity index (χ1) is 12.1. The topological polar surface area (TPSA) is 106 Å². The van der Waals surface area contributed by atoms with Crippen molar-refractivity contribution in [1.82, 2.24) is 9.88 Å². The van der Waals surface area contributed by atoms with Crippen LogP contribution >= 0.6 is 0 Å². The number of pyridine rings is 1. The molecule has 1 aromatic heterocycles. The Morgan fingerprint density at radius 3 is 2.76 bits per heavy atom. The molecule has 0 unspecified atom stereocenters. The van der Waals surface area contributed by atoms with Gasteiger partial charge in [-0.1, -0.05) is 18.9 Å². The second-order valence-corrected chi connectivity index (χ2v) is 6.65. The fourth-order valence-electron chi connectivity index (χ4n) is 3.13. The molecule has 142 valence electrons. The highest BCUT2D eigenvalue weighted by atomic mass is 16.5. The van der Waals surface area contributed by atoms with E-state index in [4.69, 9.17) is 4.74 Å². The zero-order valence-electron chi connectivity index (χ0n) is 14.6. The molecule has 1 aromatic rings. The largest absolute Gasteiger partial charge is 0.394 e. The average molecular weight is 354 g/mol. The lowest BCUT2D eigenvalue weighted by Gasteiger charge is -2.33. The van der Waals surface area contributed by atoms with Gasteiger partial charge in [0, 0.05) is 32.1 Å². The maximum absolute atomic E-state index is 10.4. The second-order valence-electron chi connectivity index (χ2n) is 6.65. The van der Waals surface area contributed by atoms with Gasteiger partial charge in [0.05, 0.1) is 12.7 Å². The summed E-state index contributed by atoms with van der Waals surface area (Å²) < 4.78 is 5.56. The van der Waals surface area contributed by atoms with E-state index in [1.165, 1.54) is 0 Å². The standard InChI is InChI=1S/C18H30N2O5/c21-13-16(23)18-17(24)15(22)12-20(8-3-1-2-4-9-25-18)11-14-6-5-7-19-10-14/h5-7,10,15-18,21-24H,1-4,8-9,11-13H2/t15-,16-,17-,18-/m1/s1. The van der Waals surface area contributed by atoms with Gasteiger partial charge in [0.1, 0.15) is 18.3 Å². The number of β-amino-alcohol motifs (C(OH)–C–C–N with tert-alkyl or cyclic N) is 1. The summed E-state index contributed by atoms with van der Waals surface area (Å²) in [5.41, 5.74) is 1.04. The summed E-state index contributed by atoms with van der Waals surface area (Å²) in [4.78, 5) is 6.19. The Morgan fingerprint density at radius 2 is 2.04 bits per heavy atom. The fraction of sp³-hybridized carbons (Fsp3) is 0.722. The van der Waals surface area contributed by atoms with E-state index in [1.54, 1.807) is 12.4 Å². The van der Waals surface area contributed by atoms with Crippen molar-refractivity contribution < 1.29 is 25.2 Å². The summed E-state index contributed by atoms with van der Waals surface area (Å²) in [5.74, 6) is 0. The minimum atomic E-state index is -1.27. The van der Waals surface area contributed by atoms with Crippen LogP contribution in [0, 0.1) is 0 Å². The highest BCUT2D eigenvalue weighted by Crippen LogP contribution is 2.15. The number of hydrogen-bond acceptors (Lipinski definition) is 7. The van der Waals surface area contributed by atoms with Crippen LogP contribution in [-0.2, 0) is 11.3 Å². The molecule has 1 saturated heterocycles. The van der Waals surface area contributed by atoms with E-state index < -0.39 is 31.0 Å². The molecule has 2 rings (SSSR count). The molecule has 2 heterocycles. The van der Waals surface area contributed by atoms with Gasteiger partial charge in [-0.15, -0.1) is 0 Å². The van der Waals surface area contributed by atoms with Crippen molar-refractivity contribution in [3.8, 4) is 0 Å². The minimum absolute atomic E-state index is 0.258. The molecule has 0 bridgehead atoms. The monoisotopic (exact) mass is 354 g/mol. The molecule has 7 nitrogen and oxygen atoms in total. The Hall–Kier alpha value is -1.09. The molecule has 1 aliphatic heterocycles. The molecule has 0 amide bonds. The Kier molecular flexibility index (Phi) is 8.74. The Balaban J connectivity index is 2.06. The molecule has 25 heavy (non-hydrogen) atoms. The van der Waals surface area contributed by atoms with E-state index in [1.807, 2.05) is 12.1 Å². The lowest BCUT2D eigenvalue weighted by molar-refractivity contribution is -0.147. The summed E-state index contributed by atoms with van der Waals surface area (Å²) in [6, 6.07) is 3.85. The minimum Gasteiger partial charge on any atom is -0.394 e. The van der Waals surface area contributed by atoms with Gasteiger partial charge in [0.2, 0.25) is 0 Å². The fourth-order valence-corrected chi connectivity index (χ4v) is 3.13. The van der Waals surface area contributed by atoms with Crippen LogP contribution in [0.4, 0.5) is 0 Å². The first-order valence-corrected chi connectivity index (χ1v) is 8.99. The molecule has 0 radical (unpaired) electrons. The Morgan fingerprint density at radius 1 is 1.24 bits per heavy atom. The predicted octanol–water partition coefficient (Wildman–Crippen LogP) is -0.0822. The van der Waals surface area contributed by atoms with E-state index >= 15 is 0 Å². The van der Waals surface area contributed by atoms with Gasteiger partial charge in [-0.3, -0.25) is 9.88 Å². The Bertz CT molecular complexity index is 476. The zero-order chi connectivity index (χ0) is 18.1. The molecule has 4 atom stereocenters. The van der Waals surface area contributed by atoms with E-state index in [2.05, 4.69) is 9.88 Å². The quantitative estimate of drug-likeness (QED) is 0.599. The maximum Gasteiger partial charge on any atom is 0.114 e. The van der Waals surface area contributed by atoms with E-state index in [0.717, 1.165) is 37.8 Å². The van der Waals surface area contributed by atoms with Crippen LogP contribution in [0.25, 0.3) is 0 Å². The number of hydrogen-bond donors (Lipinski definition) is 4. The van der Waals surface area contributed by atoms with E-state index in [0.29, 0.717) is 13.2 Å². The maximum atomic E-state index is 10.4. The molecule has 7 heteroatoms. The summed E-state index contributed by atoms with van der Waals surface area (Å²) in [6.45, 7) is 1.57. The third kappa shape index (κ3) is 6.62. The molecule has 1 aliphatic rings. The number of rotatable bonds is 4. The Labute approximate surface area is 148 Å². The van der Waals surface area contributed by atoms with Crippen LogP contribution in [0.5, 0.6) is 0 Å². The van der Waals surface area contributed by atoms with E-state index in [-0.39, 0.29) is 6.54 Å². The van der Waals surface area contributed by atoms with Crippen molar-refractivity contribution in [2.24, 2.45) is 0 Å². The molecule has 0 saturated carbocycles. The number of aliphatic hydroxyl groups is 4. The van der Waals surface area contributed by atoms with Crippen LogP contribution in [0.1, 0.15) is 31.2 Å². The molecule has 1 fully saturated rings. The molecule has 0 aromatic carbocycles. The number of aromatic nitrogens is 1. The van der Waals surface area contributed by atoms with Crippen LogP contribution in [0.2, 0.25) is 0 Å². The van der Waals surface area contributed by atoms with Gasteiger partial charge in [-0.05, 0) is 31.0 Å². The summed E-state index contributed by atoms with van der Waals surface area (Å²) >= 11 is 0. The number of aliphatic hydroxyl groups excluding tert-OH is 4. The van der Waals surface area contributed by atoms with Crippen molar-refractivity contribution in [2.45, 2.75) is 56.6 Å². The van der Waals surface area contributed by atoms with Crippen LogP contribution < -0.4 is 0 Å². The van der Waals surface area contributed by atoms with Crippen molar-refractivity contribution in [3.63, 3.8) is 0 Å². The summed E-state index contributed by atoms with van der Waals surface area (Å²) in [5, 5.41) is 40.0. The smallest absolute Gasteiger partial charge is 0.114 e. The first kappa shape index (κ1) is 20.2. The highest BCUT2D eigenvalue weighted by Gasteiger charge is 2.33. The first-order valence-electron chi connectivity index (χ1n) is 8.99. The number of ether oxygens (including phenoxy) is 1. The van der Waals surface area contributed by atoms with Crippen LogP contribution in [0.15, 0.2) is 24.5 Å². The molecular weight excluding hydrogens is 324 g/mol. The third-order valence-electron chi connectivity index (χ3n) is 4.55. The lowest BCUT2D eigenvalue weighted by Crippen LogP contribution is -2.51. The molecule has 0 spiro atoms. The van der Waals surface area contributed by atoms with Crippen molar-refractivity contribution in [3.05, 3.63) is 30.1 Å². The molecule has 0 aliphatic carbocycles. The zero-order valence-corrected chi connectivity index (χ0v) is 14.6. The molecule has 4 N–H and O–H groups in total. The number of nitrogens with zero attached hydrogens (tertiary/aromatic N) is 2. The van der Waals surface area contributed by atoms with Crippen molar-refractivity contribution >= 4 is 0 Å². The normalized spacial score (nSPS) is 28.7. The van der Waals surface area contributed by atoms with Gasteiger partial charge < -0.3 is 25.2 Å². The van der Waals surface area contributed by atoms with E-state index in [9.17, 15) is 20.4 Å². The van der Waals surface area contributed by atoms with Crippen molar-refractivity contribution in [1.29, 1.82) is 0 Å².